The summed E-state index contributed by atoms with van der Waals surface area (Å²) in [5.74, 6) is 2.20. The molecule has 3 aromatic rings. The number of fused-ring (bicyclic) bond motifs is 1. The summed E-state index contributed by atoms with van der Waals surface area (Å²) in [4.78, 5) is 32.3. The van der Waals surface area contributed by atoms with Gasteiger partial charge in [0, 0.05) is 45.5 Å². The van der Waals surface area contributed by atoms with Gasteiger partial charge in [0.05, 0.1) is 17.0 Å². The summed E-state index contributed by atoms with van der Waals surface area (Å²) >= 11 is 0. The number of anilines is 2. The van der Waals surface area contributed by atoms with Crippen molar-refractivity contribution in [3.8, 4) is 0 Å². The topological polar surface area (TPSA) is 68.4 Å². The van der Waals surface area contributed by atoms with Gasteiger partial charge >= 0.3 is 0 Å². The third kappa shape index (κ3) is 3.64. The molecule has 2 aromatic heterocycles. The Hall–Kier alpha value is -3.09. The minimum atomic E-state index is 0.0402. The number of hydrogen-bond acceptors (Lipinski definition) is 5. The highest BCUT2D eigenvalue weighted by Crippen LogP contribution is 2.25. The number of carbonyl (C=O) groups excluding carboxylic acids is 1. The Bertz CT molecular complexity index is 946. The van der Waals surface area contributed by atoms with Gasteiger partial charge in [-0.05, 0) is 37.1 Å². The highest BCUT2D eigenvalue weighted by Gasteiger charge is 2.32. The lowest BCUT2D eigenvalue weighted by Gasteiger charge is -2.39. The molecule has 0 radical (unpaired) electrons. The molecule has 0 aliphatic carbocycles. The van der Waals surface area contributed by atoms with E-state index >= 15 is 0 Å². The number of benzene rings is 1. The average molecular weight is 390 g/mol. The molecule has 1 aromatic carbocycles. The fourth-order valence-corrected chi connectivity index (χ4v) is 4.42. The number of hydrogen-bond donors (Lipinski definition) is 1. The van der Waals surface area contributed by atoms with Gasteiger partial charge in [0.15, 0.2) is 0 Å². The van der Waals surface area contributed by atoms with E-state index in [0.29, 0.717) is 0 Å². The number of imidazole rings is 1. The van der Waals surface area contributed by atoms with Crippen LogP contribution < -0.4 is 9.80 Å². The SMILES string of the molecule is O=C(C1CCCN(c2nc3ccccc3[nH]2)C1)N1CCN(c2ccccn2)CC1. The van der Waals surface area contributed by atoms with Crippen LogP contribution in [0.3, 0.4) is 0 Å². The van der Waals surface area contributed by atoms with Crippen molar-refractivity contribution in [2.24, 2.45) is 5.92 Å². The molecule has 4 heterocycles. The van der Waals surface area contributed by atoms with Gasteiger partial charge < -0.3 is 19.7 Å². The van der Waals surface area contributed by atoms with Gasteiger partial charge in [0.1, 0.15) is 5.82 Å². The minimum absolute atomic E-state index is 0.0402. The molecule has 2 aliphatic heterocycles. The van der Waals surface area contributed by atoms with Gasteiger partial charge in [0.25, 0.3) is 0 Å². The van der Waals surface area contributed by atoms with E-state index in [9.17, 15) is 4.79 Å². The van der Waals surface area contributed by atoms with Gasteiger partial charge in [0.2, 0.25) is 11.9 Å². The molecule has 1 N–H and O–H groups in total. The van der Waals surface area contributed by atoms with E-state index < -0.39 is 0 Å². The van der Waals surface area contributed by atoms with Crippen molar-refractivity contribution >= 4 is 28.7 Å². The number of amides is 1. The molecule has 0 bridgehead atoms. The summed E-state index contributed by atoms with van der Waals surface area (Å²) in [6, 6.07) is 14.0. The molecule has 7 nitrogen and oxygen atoms in total. The lowest BCUT2D eigenvalue weighted by Crippen LogP contribution is -2.52. The first-order valence-electron chi connectivity index (χ1n) is 10.4. The third-order valence-corrected chi connectivity index (χ3v) is 6.01. The van der Waals surface area contributed by atoms with Gasteiger partial charge in [-0.1, -0.05) is 18.2 Å². The summed E-state index contributed by atoms with van der Waals surface area (Å²) in [6.45, 7) is 4.87. The lowest BCUT2D eigenvalue weighted by molar-refractivity contribution is -0.136. The normalized spacial score (nSPS) is 20.3. The Balaban J connectivity index is 1.22. The van der Waals surface area contributed by atoms with Crippen LogP contribution in [0.15, 0.2) is 48.7 Å². The van der Waals surface area contributed by atoms with Crippen LogP contribution in [0.1, 0.15) is 12.8 Å². The largest absolute Gasteiger partial charge is 0.353 e. The molecule has 1 atom stereocenters. The number of pyridine rings is 1. The highest BCUT2D eigenvalue weighted by atomic mass is 16.2. The van der Waals surface area contributed by atoms with Gasteiger partial charge in [-0.15, -0.1) is 0 Å². The van der Waals surface area contributed by atoms with Crippen molar-refractivity contribution < 1.29 is 4.79 Å². The van der Waals surface area contributed by atoms with E-state index in [1.165, 1.54) is 0 Å². The molecule has 29 heavy (non-hydrogen) atoms. The van der Waals surface area contributed by atoms with E-state index in [1.807, 2.05) is 53.6 Å². The number of nitrogens with one attached hydrogen (secondary N) is 1. The first-order valence-corrected chi connectivity index (χ1v) is 10.4. The van der Waals surface area contributed by atoms with E-state index in [0.717, 1.165) is 74.9 Å². The molecule has 2 aliphatic rings. The molecule has 1 amide bonds. The van der Waals surface area contributed by atoms with E-state index in [-0.39, 0.29) is 11.8 Å². The molecule has 0 spiro atoms. The van der Waals surface area contributed by atoms with Crippen LogP contribution in [-0.4, -0.2) is 65.0 Å². The zero-order valence-corrected chi connectivity index (χ0v) is 16.5. The first-order chi connectivity index (χ1) is 14.3. The zero-order chi connectivity index (χ0) is 19.6. The molecule has 2 fully saturated rings. The average Bonchev–Trinajstić information content (AvgIpc) is 3.24. The fraction of sp³-hybridized carbons (Fsp3) is 0.409. The Morgan fingerprint density at radius 2 is 1.79 bits per heavy atom. The summed E-state index contributed by atoms with van der Waals surface area (Å²) < 4.78 is 0. The molecule has 7 heteroatoms. The molecular formula is C22H26N6O. The van der Waals surface area contributed by atoms with Crippen LogP contribution in [0.25, 0.3) is 11.0 Å². The summed E-state index contributed by atoms with van der Waals surface area (Å²) in [7, 11) is 0. The second kappa shape index (κ2) is 7.73. The quantitative estimate of drug-likeness (QED) is 0.744. The van der Waals surface area contributed by atoms with Crippen LogP contribution in [0, 0.1) is 5.92 Å². The Labute approximate surface area is 170 Å². The number of nitrogens with zero attached hydrogens (tertiary/aromatic N) is 5. The molecule has 1 unspecified atom stereocenters. The van der Waals surface area contributed by atoms with Gasteiger partial charge in [-0.3, -0.25) is 4.79 Å². The molecule has 2 saturated heterocycles. The molecular weight excluding hydrogens is 364 g/mol. The summed E-state index contributed by atoms with van der Waals surface area (Å²) in [5.41, 5.74) is 2.02. The van der Waals surface area contributed by atoms with Crippen molar-refractivity contribution in [3.63, 3.8) is 0 Å². The van der Waals surface area contributed by atoms with Crippen LogP contribution in [0.5, 0.6) is 0 Å². The highest BCUT2D eigenvalue weighted by molar-refractivity contribution is 5.81. The minimum Gasteiger partial charge on any atom is -0.353 e. The fourth-order valence-electron chi connectivity index (χ4n) is 4.42. The monoisotopic (exact) mass is 390 g/mol. The Morgan fingerprint density at radius 3 is 2.59 bits per heavy atom. The predicted molar refractivity (Wildman–Crippen MR) is 114 cm³/mol. The first kappa shape index (κ1) is 18.0. The number of carbonyl (C=O) groups is 1. The van der Waals surface area contributed by atoms with Crippen molar-refractivity contribution in [2.45, 2.75) is 12.8 Å². The number of piperidine rings is 1. The van der Waals surface area contributed by atoms with Crippen LogP contribution in [-0.2, 0) is 4.79 Å². The van der Waals surface area contributed by atoms with E-state index in [2.05, 4.69) is 19.8 Å². The molecule has 5 rings (SSSR count). The Morgan fingerprint density at radius 1 is 0.966 bits per heavy atom. The van der Waals surface area contributed by atoms with Crippen molar-refractivity contribution in [3.05, 3.63) is 48.7 Å². The number of rotatable bonds is 3. The molecule has 0 saturated carbocycles. The summed E-state index contributed by atoms with van der Waals surface area (Å²) in [5, 5.41) is 0. The maximum absolute atomic E-state index is 13.2. The maximum Gasteiger partial charge on any atom is 0.227 e. The number of H-pyrrole nitrogens is 1. The van der Waals surface area contributed by atoms with Crippen molar-refractivity contribution in [1.82, 2.24) is 19.9 Å². The summed E-state index contributed by atoms with van der Waals surface area (Å²) in [6.07, 6.45) is 3.79. The van der Waals surface area contributed by atoms with Gasteiger partial charge in [-0.2, -0.15) is 0 Å². The number of aromatic amines is 1. The van der Waals surface area contributed by atoms with E-state index in [4.69, 9.17) is 4.98 Å². The predicted octanol–water partition coefficient (Wildman–Crippen LogP) is 2.52. The number of piperazine rings is 1. The molecule has 150 valence electrons. The van der Waals surface area contributed by atoms with E-state index in [1.54, 1.807) is 0 Å². The van der Waals surface area contributed by atoms with Crippen LogP contribution in [0.2, 0.25) is 0 Å². The van der Waals surface area contributed by atoms with Crippen LogP contribution >= 0.6 is 0 Å². The third-order valence-electron chi connectivity index (χ3n) is 6.01. The zero-order valence-electron chi connectivity index (χ0n) is 16.5. The smallest absolute Gasteiger partial charge is 0.227 e. The second-order valence-corrected chi connectivity index (χ2v) is 7.86. The lowest BCUT2D eigenvalue weighted by atomic mass is 9.96. The maximum atomic E-state index is 13.2. The Kier molecular flexibility index (Phi) is 4.79. The number of aromatic nitrogens is 3. The second-order valence-electron chi connectivity index (χ2n) is 7.86. The van der Waals surface area contributed by atoms with Crippen molar-refractivity contribution in [1.29, 1.82) is 0 Å². The van der Waals surface area contributed by atoms with Gasteiger partial charge in [-0.25, -0.2) is 9.97 Å². The number of para-hydroxylation sites is 2. The van der Waals surface area contributed by atoms with Crippen LogP contribution in [0.4, 0.5) is 11.8 Å². The van der Waals surface area contributed by atoms with Crippen molar-refractivity contribution in [2.75, 3.05) is 49.1 Å². The standard InChI is InChI=1S/C22H26N6O/c29-21(27-14-12-26(13-15-27)20-9-3-4-10-23-20)17-6-5-11-28(16-17)22-24-18-7-1-2-8-19(18)25-22/h1-4,7-10,17H,5-6,11-16H2,(H,24,25).